The number of carbonyl (C=O) groups is 1. The number of carbonyl (C=O) groups excluding carboxylic acids is 1. The number of nitrogens with two attached hydrogens (primary N) is 1. The van der Waals surface area contributed by atoms with E-state index in [0.29, 0.717) is 19.0 Å². The molecule has 104 valence electrons. The van der Waals surface area contributed by atoms with Crippen molar-refractivity contribution in [3.63, 3.8) is 0 Å². The molecule has 4 N–H and O–H groups in total. The van der Waals surface area contributed by atoms with Gasteiger partial charge in [0, 0.05) is 19.6 Å². The topological polar surface area (TPSA) is 67.1 Å². The average molecular weight is 261 g/mol. The highest BCUT2D eigenvalue weighted by Crippen LogP contribution is 2.23. The van der Waals surface area contributed by atoms with Crippen molar-refractivity contribution < 1.29 is 4.79 Å². The summed E-state index contributed by atoms with van der Waals surface area (Å²) in [6, 6.07) is 7.90. The number of benzene rings is 1. The lowest BCUT2D eigenvalue weighted by atomic mass is 10.1. The molecule has 2 rings (SSSR count). The number of rotatable bonds is 5. The summed E-state index contributed by atoms with van der Waals surface area (Å²) in [7, 11) is 0. The van der Waals surface area contributed by atoms with Gasteiger partial charge in [-0.1, -0.05) is 37.1 Å². The SMILES string of the molecule is NCc1cccc(CNC(=O)NCC2CCCC2)c1. The molecule has 0 heterocycles. The highest BCUT2D eigenvalue weighted by molar-refractivity contribution is 5.73. The molecule has 1 aromatic carbocycles. The van der Waals surface area contributed by atoms with Crippen LogP contribution in [-0.4, -0.2) is 12.6 Å². The molecule has 4 nitrogen and oxygen atoms in total. The fourth-order valence-corrected chi connectivity index (χ4v) is 2.56. The molecule has 19 heavy (non-hydrogen) atoms. The van der Waals surface area contributed by atoms with Gasteiger partial charge in [0.15, 0.2) is 0 Å². The van der Waals surface area contributed by atoms with E-state index in [1.54, 1.807) is 0 Å². The molecule has 1 aliphatic carbocycles. The standard InChI is InChI=1S/C15H23N3O/c16-9-13-6-3-7-14(8-13)11-18-15(19)17-10-12-4-1-2-5-12/h3,6-8,12H,1-2,4-5,9-11,16H2,(H2,17,18,19). The average Bonchev–Trinajstić information content (AvgIpc) is 2.96. The summed E-state index contributed by atoms with van der Waals surface area (Å²) in [6.07, 6.45) is 5.11. The van der Waals surface area contributed by atoms with Crippen LogP contribution in [0.25, 0.3) is 0 Å². The lowest BCUT2D eigenvalue weighted by molar-refractivity contribution is 0.238. The van der Waals surface area contributed by atoms with E-state index in [1.807, 2.05) is 24.3 Å². The van der Waals surface area contributed by atoms with Crippen molar-refractivity contribution in [3.05, 3.63) is 35.4 Å². The van der Waals surface area contributed by atoms with Crippen LogP contribution in [0.15, 0.2) is 24.3 Å². The predicted octanol–water partition coefficient (Wildman–Crippen LogP) is 2.13. The zero-order chi connectivity index (χ0) is 13.5. The van der Waals surface area contributed by atoms with Crippen LogP contribution in [0.3, 0.4) is 0 Å². The van der Waals surface area contributed by atoms with E-state index in [1.165, 1.54) is 25.7 Å². The number of urea groups is 1. The molecule has 2 amide bonds. The third kappa shape index (κ3) is 4.56. The fraction of sp³-hybridized carbons (Fsp3) is 0.533. The largest absolute Gasteiger partial charge is 0.338 e. The zero-order valence-corrected chi connectivity index (χ0v) is 11.3. The second-order valence-electron chi connectivity index (χ2n) is 5.24. The molecule has 4 heteroatoms. The van der Waals surface area contributed by atoms with Crippen LogP contribution in [0.1, 0.15) is 36.8 Å². The minimum Gasteiger partial charge on any atom is -0.338 e. The summed E-state index contributed by atoms with van der Waals surface area (Å²) >= 11 is 0. The normalized spacial score (nSPS) is 15.4. The maximum absolute atomic E-state index is 11.7. The molecule has 0 atom stereocenters. The van der Waals surface area contributed by atoms with Gasteiger partial charge in [0.05, 0.1) is 0 Å². The predicted molar refractivity (Wildman–Crippen MR) is 76.5 cm³/mol. The Hall–Kier alpha value is -1.55. The molecule has 0 unspecified atom stereocenters. The van der Waals surface area contributed by atoms with Gasteiger partial charge in [-0.2, -0.15) is 0 Å². The molecular weight excluding hydrogens is 238 g/mol. The minimum atomic E-state index is -0.0787. The maximum atomic E-state index is 11.7. The first kappa shape index (κ1) is 13.9. The first-order valence-electron chi connectivity index (χ1n) is 7.07. The number of amides is 2. The molecule has 0 aromatic heterocycles. The van der Waals surface area contributed by atoms with Gasteiger partial charge in [-0.3, -0.25) is 0 Å². The van der Waals surface area contributed by atoms with Crippen LogP contribution in [0, 0.1) is 5.92 Å². The summed E-state index contributed by atoms with van der Waals surface area (Å²) < 4.78 is 0. The van der Waals surface area contributed by atoms with Crippen LogP contribution >= 0.6 is 0 Å². The Morgan fingerprint density at radius 3 is 2.68 bits per heavy atom. The number of hydrogen-bond acceptors (Lipinski definition) is 2. The summed E-state index contributed by atoms with van der Waals surface area (Å²) in [6.45, 7) is 1.88. The molecule has 1 aliphatic rings. The quantitative estimate of drug-likeness (QED) is 0.760. The van der Waals surface area contributed by atoms with Crippen LogP contribution in [0.4, 0.5) is 4.79 Å². The van der Waals surface area contributed by atoms with Gasteiger partial charge in [-0.05, 0) is 29.9 Å². The van der Waals surface area contributed by atoms with Crippen molar-refractivity contribution in [2.75, 3.05) is 6.54 Å². The lowest BCUT2D eigenvalue weighted by Gasteiger charge is -2.12. The minimum absolute atomic E-state index is 0.0787. The Morgan fingerprint density at radius 1 is 1.21 bits per heavy atom. The van der Waals surface area contributed by atoms with Crippen molar-refractivity contribution in [2.45, 2.75) is 38.8 Å². The van der Waals surface area contributed by atoms with Gasteiger partial charge in [-0.25, -0.2) is 4.79 Å². The van der Waals surface area contributed by atoms with Gasteiger partial charge < -0.3 is 16.4 Å². The first-order valence-corrected chi connectivity index (χ1v) is 7.07. The molecule has 0 bridgehead atoms. The Kier molecular flexibility index (Phi) is 5.21. The number of hydrogen-bond donors (Lipinski definition) is 3. The fourth-order valence-electron chi connectivity index (χ4n) is 2.56. The molecule has 0 radical (unpaired) electrons. The third-order valence-corrected chi connectivity index (χ3v) is 3.71. The zero-order valence-electron chi connectivity index (χ0n) is 11.3. The van der Waals surface area contributed by atoms with Crippen LogP contribution in [0.2, 0.25) is 0 Å². The van der Waals surface area contributed by atoms with Gasteiger partial charge >= 0.3 is 6.03 Å². The highest BCUT2D eigenvalue weighted by atomic mass is 16.2. The number of nitrogens with one attached hydrogen (secondary N) is 2. The Balaban J connectivity index is 1.70. The molecule has 0 spiro atoms. The van der Waals surface area contributed by atoms with E-state index < -0.39 is 0 Å². The monoisotopic (exact) mass is 261 g/mol. The van der Waals surface area contributed by atoms with E-state index in [0.717, 1.165) is 17.7 Å². The van der Waals surface area contributed by atoms with Crippen molar-refractivity contribution >= 4 is 6.03 Å². The van der Waals surface area contributed by atoms with Crippen molar-refractivity contribution in [1.82, 2.24) is 10.6 Å². The van der Waals surface area contributed by atoms with Crippen LogP contribution in [0.5, 0.6) is 0 Å². The second kappa shape index (κ2) is 7.14. The van der Waals surface area contributed by atoms with E-state index in [9.17, 15) is 4.79 Å². The molecule has 1 aromatic rings. The van der Waals surface area contributed by atoms with Crippen LogP contribution in [-0.2, 0) is 13.1 Å². The van der Waals surface area contributed by atoms with Gasteiger partial charge in [0.25, 0.3) is 0 Å². The van der Waals surface area contributed by atoms with Crippen molar-refractivity contribution in [3.8, 4) is 0 Å². The van der Waals surface area contributed by atoms with E-state index in [-0.39, 0.29) is 6.03 Å². The second-order valence-corrected chi connectivity index (χ2v) is 5.24. The smallest absolute Gasteiger partial charge is 0.315 e. The molecular formula is C15H23N3O. The van der Waals surface area contributed by atoms with E-state index in [4.69, 9.17) is 5.73 Å². The van der Waals surface area contributed by atoms with Crippen molar-refractivity contribution in [1.29, 1.82) is 0 Å². The Labute approximate surface area is 114 Å². The Bertz CT molecular complexity index is 414. The third-order valence-electron chi connectivity index (χ3n) is 3.71. The molecule has 1 saturated carbocycles. The summed E-state index contributed by atoms with van der Waals surface area (Å²) in [5.41, 5.74) is 7.76. The maximum Gasteiger partial charge on any atom is 0.315 e. The molecule has 0 saturated heterocycles. The summed E-state index contributed by atoms with van der Waals surface area (Å²) in [5, 5.41) is 5.83. The highest BCUT2D eigenvalue weighted by Gasteiger charge is 2.15. The van der Waals surface area contributed by atoms with Gasteiger partial charge in [0.1, 0.15) is 0 Å². The van der Waals surface area contributed by atoms with Gasteiger partial charge in [0.2, 0.25) is 0 Å². The molecule has 0 aliphatic heterocycles. The molecule has 1 fully saturated rings. The van der Waals surface area contributed by atoms with Crippen LogP contribution < -0.4 is 16.4 Å². The van der Waals surface area contributed by atoms with E-state index >= 15 is 0 Å². The van der Waals surface area contributed by atoms with Crippen molar-refractivity contribution in [2.24, 2.45) is 11.7 Å². The Morgan fingerprint density at radius 2 is 1.95 bits per heavy atom. The summed E-state index contributed by atoms with van der Waals surface area (Å²) in [4.78, 5) is 11.7. The van der Waals surface area contributed by atoms with E-state index in [2.05, 4.69) is 10.6 Å². The lowest BCUT2D eigenvalue weighted by Crippen LogP contribution is -2.37. The summed E-state index contributed by atoms with van der Waals surface area (Å²) in [5.74, 6) is 0.673. The first-order chi connectivity index (χ1) is 9.28. The van der Waals surface area contributed by atoms with Gasteiger partial charge in [-0.15, -0.1) is 0 Å².